The number of nitrogens with one attached hydrogen (secondary N) is 1. The van der Waals surface area contributed by atoms with Crippen LogP contribution in [0.15, 0.2) is 42.5 Å². The fourth-order valence-electron chi connectivity index (χ4n) is 1.93. The van der Waals surface area contributed by atoms with Crippen molar-refractivity contribution < 1.29 is 19.8 Å². The standard InChI is InChI=1S/C16H15NO4/c1-10-7-12(5-6-14(10)18)16(21)17-13-4-2-3-11(8-13)9-15(19)20/h2-8,18H,9H2,1H3,(H,17,21)(H,19,20). The summed E-state index contributed by atoms with van der Waals surface area (Å²) >= 11 is 0. The Hall–Kier alpha value is -2.82. The molecule has 0 saturated heterocycles. The van der Waals surface area contributed by atoms with Gasteiger partial charge in [0.1, 0.15) is 5.75 Å². The Bertz CT molecular complexity index is 694. The lowest BCUT2D eigenvalue weighted by Gasteiger charge is -2.08. The number of carboxylic acids is 1. The molecule has 2 aromatic carbocycles. The predicted octanol–water partition coefficient (Wildman–Crippen LogP) is 2.58. The molecular weight excluding hydrogens is 270 g/mol. The summed E-state index contributed by atoms with van der Waals surface area (Å²) < 4.78 is 0. The molecular formula is C16H15NO4. The Morgan fingerprint density at radius 3 is 2.57 bits per heavy atom. The number of hydrogen-bond acceptors (Lipinski definition) is 3. The number of carbonyl (C=O) groups excluding carboxylic acids is 1. The Labute approximate surface area is 121 Å². The summed E-state index contributed by atoms with van der Waals surface area (Å²) in [6, 6.07) is 11.3. The topological polar surface area (TPSA) is 86.6 Å². The summed E-state index contributed by atoms with van der Waals surface area (Å²) in [5.41, 5.74) is 2.18. The third-order valence-electron chi connectivity index (χ3n) is 3.00. The number of carboxylic acid groups (broad SMARTS) is 1. The smallest absolute Gasteiger partial charge is 0.307 e. The zero-order valence-electron chi connectivity index (χ0n) is 11.5. The molecule has 0 aromatic heterocycles. The first-order chi connectivity index (χ1) is 9.95. The minimum Gasteiger partial charge on any atom is -0.508 e. The van der Waals surface area contributed by atoms with Crippen LogP contribution in [-0.2, 0) is 11.2 Å². The van der Waals surface area contributed by atoms with E-state index in [0.29, 0.717) is 22.4 Å². The highest BCUT2D eigenvalue weighted by Gasteiger charge is 2.09. The first-order valence-electron chi connectivity index (χ1n) is 6.37. The number of amides is 1. The van der Waals surface area contributed by atoms with Gasteiger partial charge in [0, 0.05) is 11.3 Å². The molecule has 2 rings (SSSR count). The summed E-state index contributed by atoms with van der Waals surface area (Å²) in [4.78, 5) is 22.8. The van der Waals surface area contributed by atoms with Gasteiger partial charge in [0.05, 0.1) is 6.42 Å². The van der Waals surface area contributed by atoms with Gasteiger partial charge in [0.2, 0.25) is 0 Å². The monoisotopic (exact) mass is 285 g/mol. The van der Waals surface area contributed by atoms with Gasteiger partial charge in [0.15, 0.2) is 0 Å². The Morgan fingerprint density at radius 2 is 1.90 bits per heavy atom. The molecule has 0 saturated carbocycles. The van der Waals surface area contributed by atoms with E-state index in [9.17, 15) is 14.7 Å². The van der Waals surface area contributed by atoms with E-state index in [1.807, 2.05) is 0 Å². The van der Waals surface area contributed by atoms with E-state index < -0.39 is 5.97 Å². The number of hydrogen-bond donors (Lipinski definition) is 3. The van der Waals surface area contributed by atoms with Crippen LogP contribution in [0.25, 0.3) is 0 Å². The van der Waals surface area contributed by atoms with Crippen molar-refractivity contribution in [1.82, 2.24) is 0 Å². The van der Waals surface area contributed by atoms with Crippen molar-refractivity contribution in [3.63, 3.8) is 0 Å². The second kappa shape index (κ2) is 6.09. The van der Waals surface area contributed by atoms with E-state index in [0.717, 1.165) is 0 Å². The molecule has 1 amide bonds. The Balaban J connectivity index is 2.15. The quantitative estimate of drug-likeness (QED) is 0.805. The van der Waals surface area contributed by atoms with E-state index in [1.165, 1.54) is 12.1 Å². The third kappa shape index (κ3) is 3.82. The highest BCUT2D eigenvalue weighted by atomic mass is 16.4. The molecule has 0 bridgehead atoms. The van der Waals surface area contributed by atoms with Gasteiger partial charge in [-0.2, -0.15) is 0 Å². The summed E-state index contributed by atoms with van der Waals surface area (Å²) in [7, 11) is 0. The van der Waals surface area contributed by atoms with E-state index >= 15 is 0 Å². The molecule has 0 atom stereocenters. The van der Waals surface area contributed by atoms with Crippen LogP contribution in [0.1, 0.15) is 21.5 Å². The van der Waals surface area contributed by atoms with Crippen LogP contribution < -0.4 is 5.32 Å². The van der Waals surface area contributed by atoms with E-state index in [2.05, 4.69) is 5.32 Å². The summed E-state index contributed by atoms with van der Waals surface area (Å²) in [6.45, 7) is 1.71. The van der Waals surface area contributed by atoms with Crippen molar-refractivity contribution in [1.29, 1.82) is 0 Å². The number of rotatable bonds is 4. The largest absolute Gasteiger partial charge is 0.508 e. The number of aromatic hydroxyl groups is 1. The van der Waals surface area contributed by atoms with Crippen molar-refractivity contribution in [3.05, 3.63) is 59.2 Å². The SMILES string of the molecule is Cc1cc(C(=O)Nc2cccc(CC(=O)O)c2)ccc1O. The van der Waals surface area contributed by atoms with Crippen molar-refractivity contribution in [3.8, 4) is 5.75 Å². The molecule has 0 heterocycles. The number of aliphatic carboxylic acids is 1. The zero-order chi connectivity index (χ0) is 15.4. The lowest BCUT2D eigenvalue weighted by atomic mass is 10.1. The van der Waals surface area contributed by atoms with Gasteiger partial charge in [-0.05, 0) is 48.4 Å². The minimum atomic E-state index is -0.923. The Kier molecular flexibility index (Phi) is 4.23. The summed E-state index contributed by atoms with van der Waals surface area (Å²) in [5.74, 6) is -1.10. The maximum atomic E-state index is 12.1. The van der Waals surface area contributed by atoms with Gasteiger partial charge < -0.3 is 15.5 Å². The van der Waals surface area contributed by atoms with Crippen molar-refractivity contribution in [2.45, 2.75) is 13.3 Å². The fraction of sp³-hybridized carbons (Fsp3) is 0.125. The lowest BCUT2D eigenvalue weighted by molar-refractivity contribution is -0.136. The second-order valence-electron chi connectivity index (χ2n) is 4.73. The van der Waals surface area contributed by atoms with Crippen LogP contribution in [0.3, 0.4) is 0 Å². The van der Waals surface area contributed by atoms with Gasteiger partial charge >= 0.3 is 5.97 Å². The van der Waals surface area contributed by atoms with E-state index in [1.54, 1.807) is 37.3 Å². The maximum Gasteiger partial charge on any atom is 0.307 e. The summed E-state index contributed by atoms with van der Waals surface area (Å²) in [6.07, 6.45) is -0.0952. The third-order valence-corrected chi connectivity index (χ3v) is 3.00. The number of phenolic OH excluding ortho intramolecular Hbond substituents is 1. The van der Waals surface area contributed by atoms with Gasteiger partial charge in [-0.1, -0.05) is 12.1 Å². The van der Waals surface area contributed by atoms with Gasteiger partial charge in [-0.15, -0.1) is 0 Å². The molecule has 0 unspecified atom stereocenters. The fourth-order valence-corrected chi connectivity index (χ4v) is 1.93. The highest BCUT2D eigenvalue weighted by Crippen LogP contribution is 2.18. The van der Waals surface area contributed by atoms with Crippen LogP contribution in [0.5, 0.6) is 5.75 Å². The first kappa shape index (κ1) is 14.6. The van der Waals surface area contributed by atoms with E-state index in [-0.39, 0.29) is 18.1 Å². The van der Waals surface area contributed by atoms with Crippen LogP contribution in [0, 0.1) is 6.92 Å². The molecule has 0 aliphatic rings. The molecule has 5 nitrogen and oxygen atoms in total. The number of benzene rings is 2. The highest BCUT2D eigenvalue weighted by molar-refractivity contribution is 6.04. The molecule has 0 aliphatic heterocycles. The van der Waals surface area contributed by atoms with Crippen LogP contribution in [0.4, 0.5) is 5.69 Å². The average Bonchev–Trinajstić information content (AvgIpc) is 2.41. The average molecular weight is 285 g/mol. The van der Waals surface area contributed by atoms with E-state index in [4.69, 9.17) is 5.11 Å². The molecule has 0 aliphatic carbocycles. The van der Waals surface area contributed by atoms with Crippen molar-refractivity contribution in [2.24, 2.45) is 0 Å². The molecule has 21 heavy (non-hydrogen) atoms. The van der Waals surface area contributed by atoms with Crippen molar-refractivity contribution >= 4 is 17.6 Å². The normalized spacial score (nSPS) is 10.1. The molecule has 0 radical (unpaired) electrons. The molecule has 108 valence electrons. The van der Waals surface area contributed by atoms with Gasteiger partial charge in [0.25, 0.3) is 5.91 Å². The Morgan fingerprint density at radius 1 is 1.14 bits per heavy atom. The number of aryl methyl sites for hydroxylation is 1. The predicted molar refractivity (Wildman–Crippen MR) is 78.6 cm³/mol. The molecule has 3 N–H and O–H groups in total. The zero-order valence-corrected chi connectivity index (χ0v) is 11.5. The number of carbonyl (C=O) groups is 2. The number of anilines is 1. The minimum absolute atomic E-state index is 0.0952. The first-order valence-corrected chi connectivity index (χ1v) is 6.37. The number of phenols is 1. The maximum absolute atomic E-state index is 12.1. The van der Waals surface area contributed by atoms with Crippen LogP contribution >= 0.6 is 0 Å². The molecule has 2 aromatic rings. The molecule has 0 spiro atoms. The second-order valence-corrected chi connectivity index (χ2v) is 4.73. The molecule has 0 fully saturated rings. The van der Waals surface area contributed by atoms with Gasteiger partial charge in [-0.3, -0.25) is 9.59 Å². The van der Waals surface area contributed by atoms with Crippen LogP contribution in [0.2, 0.25) is 0 Å². The van der Waals surface area contributed by atoms with Crippen LogP contribution in [-0.4, -0.2) is 22.1 Å². The van der Waals surface area contributed by atoms with Gasteiger partial charge in [-0.25, -0.2) is 0 Å². The molecule has 5 heteroatoms. The van der Waals surface area contributed by atoms with Crippen molar-refractivity contribution in [2.75, 3.05) is 5.32 Å². The lowest BCUT2D eigenvalue weighted by Crippen LogP contribution is -2.12. The summed E-state index contributed by atoms with van der Waals surface area (Å²) in [5, 5.41) is 20.9.